The minimum atomic E-state index is -0.388. The molecule has 2 heterocycles. The third-order valence-electron chi connectivity index (χ3n) is 5.40. The summed E-state index contributed by atoms with van der Waals surface area (Å²) in [5.74, 6) is 6.18. The van der Waals surface area contributed by atoms with Crippen LogP contribution in [0, 0.1) is 11.8 Å². The number of aromatic nitrogens is 1. The highest BCUT2D eigenvalue weighted by Crippen LogP contribution is 2.19. The van der Waals surface area contributed by atoms with Crippen LogP contribution >= 0.6 is 0 Å². The number of pyridine rings is 1. The molecule has 3 N–H and O–H groups in total. The van der Waals surface area contributed by atoms with Crippen molar-refractivity contribution in [2.24, 2.45) is 4.99 Å². The Bertz CT molecular complexity index is 1310. The summed E-state index contributed by atoms with van der Waals surface area (Å²) >= 11 is 0. The fourth-order valence-electron chi connectivity index (χ4n) is 3.72. The molecule has 0 fully saturated rings. The number of nitrogens with zero attached hydrogens (tertiary/aromatic N) is 3. The lowest BCUT2D eigenvalue weighted by atomic mass is 10.1. The van der Waals surface area contributed by atoms with Gasteiger partial charge in [-0.2, -0.15) is 0 Å². The van der Waals surface area contributed by atoms with Gasteiger partial charge in [0, 0.05) is 36.0 Å². The molecule has 0 unspecified atom stereocenters. The second-order valence-electron chi connectivity index (χ2n) is 7.75. The number of hydrogen-bond acceptors (Lipinski definition) is 6. The van der Waals surface area contributed by atoms with Crippen molar-refractivity contribution in [3.05, 3.63) is 89.1 Å². The van der Waals surface area contributed by atoms with Crippen LogP contribution in [0.15, 0.2) is 71.9 Å². The Hall–Kier alpha value is -4.48. The average Bonchev–Trinajstić information content (AvgIpc) is 3.34. The minimum absolute atomic E-state index is 0.0570. The maximum absolute atomic E-state index is 12.9. The van der Waals surface area contributed by atoms with E-state index in [1.165, 1.54) is 0 Å². The average molecular weight is 468 g/mol. The lowest BCUT2D eigenvalue weighted by Gasteiger charge is -2.19. The minimum Gasteiger partial charge on any atom is -0.395 e. The highest BCUT2D eigenvalue weighted by atomic mass is 16.3. The molecule has 8 nitrogen and oxygen atoms in total. The number of carbonyl (C=O) groups is 2. The standard InChI is InChI=1S/C27H25N5O3/c1-2-5-19-8-13-24(29-18-19)31-27(35)22-6-3-4-7-23(22)30-26(34)21-11-9-20(10-12-21)25-28-14-15-32(25)16-17-33/h3-4,6-13,18,33H,14-17H2,1H3,(H,30,34)(H,29,31,35). The second kappa shape index (κ2) is 11.1. The molecule has 3 aromatic rings. The van der Waals surface area contributed by atoms with Crippen LogP contribution in [0.1, 0.15) is 38.8 Å². The molecule has 2 aromatic carbocycles. The van der Waals surface area contributed by atoms with E-state index in [0.717, 1.165) is 23.5 Å². The number of amidine groups is 1. The van der Waals surface area contributed by atoms with E-state index in [1.807, 2.05) is 17.0 Å². The van der Waals surface area contributed by atoms with Crippen molar-refractivity contribution >= 4 is 29.2 Å². The van der Waals surface area contributed by atoms with Gasteiger partial charge in [-0.3, -0.25) is 14.6 Å². The number of aliphatic hydroxyl groups excluding tert-OH is 1. The van der Waals surface area contributed by atoms with Crippen LogP contribution in [0.5, 0.6) is 0 Å². The van der Waals surface area contributed by atoms with Crippen molar-refractivity contribution in [3.63, 3.8) is 0 Å². The summed E-state index contributed by atoms with van der Waals surface area (Å²) in [6, 6.07) is 17.3. The highest BCUT2D eigenvalue weighted by molar-refractivity contribution is 6.12. The molecule has 0 saturated carbocycles. The molecule has 2 amide bonds. The van der Waals surface area contributed by atoms with Crippen LogP contribution in [0.25, 0.3) is 0 Å². The number of anilines is 2. The van der Waals surface area contributed by atoms with Gasteiger partial charge >= 0.3 is 0 Å². The Kier molecular flexibility index (Phi) is 7.50. The first-order chi connectivity index (χ1) is 17.1. The van der Waals surface area contributed by atoms with Gasteiger partial charge in [0.2, 0.25) is 0 Å². The molecule has 1 aromatic heterocycles. The van der Waals surface area contributed by atoms with Gasteiger partial charge in [-0.05, 0) is 43.3 Å². The van der Waals surface area contributed by atoms with Crippen molar-refractivity contribution in [1.82, 2.24) is 9.88 Å². The molecule has 35 heavy (non-hydrogen) atoms. The number of amides is 2. The van der Waals surface area contributed by atoms with Gasteiger partial charge in [0.15, 0.2) is 0 Å². The Morgan fingerprint density at radius 1 is 1.03 bits per heavy atom. The van der Waals surface area contributed by atoms with E-state index < -0.39 is 0 Å². The maximum Gasteiger partial charge on any atom is 0.258 e. The molecule has 0 atom stereocenters. The fraction of sp³-hybridized carbons (Fsp3) is 0.185. The van der Waals surface area contributed by atoms with Crippen LogP contribution in [0.2, 0.25) is 0 Å². The number of hydrogen-bond donors (Lipinski definition) is 3. The Labute approximate surface area is 203 Å². The van der Waals surface area contributed by atoms with E-state index in [4.69, 9.17) is 0 Å². The topological polar surface area (TPSA) is 107 Å². The van der Waals surface area contributed by atoms with Gasteiger partial charge in [0.05, 0.1) is 24.4 Å². The number of carbonyl (C=O) groups excluding carboxylic acids is 2. The number of nitrogens with one attached hydrogen (secondary N) is 2. The number of aliphatic hydroxyl groups is 1. The van der Waals surface area contributed by atoms with Crippen LogP contribution in [0.4, 0.5) is 11.5 Å². The predicted octanol–water partition coefficient (Wildman–Crippen LogP) is 3.01. The molecule has 176 valence electrons. The lowest BCUT2D eigenvalue weighted by molar-refractivity contribution is 0.102. The highest BCUT2D eigenvalue weighted by Gasteiger charge is 2.19. The monoisotopic (exact) mass is 467 g/mol. The SMILES string of the molecule is CC#Cc1ccc(NC(=O)c2ccccc2NC(=O)c2ccc(C3=NCCN3CCO)cc2)nc1. The van der Waals surface area contributed by atoms with E-state index >= 15 is 0 Å². The van der Waals surface area contributed by atoms with E-state index in [9.17, 15) is 14.7 Å². The summed E-state index contributed by atoms with van der Waals surface area (Å²) in [7, 11) is 0. The second-order valence-corrected chi connectivity index (χ2v) is 7.75. The first kappa shape index (κ1) is 23.7. The number of para-hydroxylation sites is 1. The van der Waals surface area contributed by atoms with E-state index in [0.29, 0.717) is 35.7 Å². The van der Waals surface area contributed by atoms with Gasteiger partial charge < -0.3 is 20.6 Å². The van der Waals surface area contributed by atoms with E-state index in [1.54, 1.807) is 61.7 Å². The Morgan fingerprint density at radius 3 is 2.54 bits per heavy atom. The normalized spacial score (nSPS) is 12.4. The van der Waals surface area contributed by atoms with Gasteiger partial charge in [0.1, 0.15) is 11.7 Å². The third-order valence-corrected chi connectivity index (χ3v) is 5.40. The molecule has 1 aliphatic rings. The maximum atomic E-state index is 12.9. The van der Waals surface area contributed by atoms with E-state index in [2.05, 4.69) is 32.5 Å². The molecular formula is C27H25N5O3. The van der Waals surface area contributed by atoms with Crippen LogP contribution in [-0.2, 0) is 0 Å². The molecule has 0 spiro atoms. The summed E-state index contributed by atoms with van der Waals surface area (Å²) < 4.78 is 0. The Balaban J connectivity index is 1.45. The quantitative estimate of drug-likeness (QED) is 0.463. The van der Waals surface area contributed by atoms with Crippen molar-refractivity contribution in [3.8, 4) is 11.8 Å². The molecule has 1 aliphatic heterocycles. The van der Waals surface area contributed by atoms with Crippen molar-refractivity contribution in [2.75, 3.05) is 36.9 Å². The van der Waals surface area contributed by atoms with Gasteiger partial charge in [-0.25, -0.2) is 4.98 Å². The number of rotatable bonds is 7. The summed E-state index contributed by atoms with van der Waals surface area (Å²) in [6.07, 6.45) is 1.59. The predicted molar refractivity (Wildman–Crippen MR) is 136 cm³/mol. The first-order valence-corrected chi connectivity index (χ1v) is 11.2. The molecule has 0 aliphatic carbocycles. The molecule has 0 saturated heterocycles. The fourth-order valence-corrected chi connectivity index (χ4v) is 3.72. The molecule has 8 heteroatoms. The zero-order valence-electron chi connectivity index (χ0n) is 19.3. The van der Waals surface area contributed by atoms with E-state index in [-0.39, 0.29) is 18.4 Å². The summed E-state index contributed by atoms with van der Waals surface area (Å²) in [5, 5.41) is 14.8. The zero-order chi connectivity index (χ0) is 24.6. The molecule has 4 rings (SSSR count). The van der Waals surface area contributed by atoms with Gasteiger partial charge in [0.25, 0.3) is 11.8 Å². The van der Waals surface area contributed by atoms with Gasteiger partial charge in [-0.1, -0.05) is 30.2 Å². The largest absolute Gasteiger partial charge is 0.395 e. The first-order valence-electron chi connectivity index (χ1n) is 11.2. The molecule has 0 bridgehead atoms. The van der Waals surface area contributed by atoms with Crippen LogP contribution < -0.4 is 10.6 Å². The summed E-state index contributed by atoms with van der Waals surface area (Å²) in [5.41, 5.74) is 2.80. The van der Waals surface area contributed by atoms with Gasteiger partial charge in [-0.15, -0.1) is 5.92 Å². The van der Waals surface area contributed by atoms with Crippen LogP contribution in [-0.4, -0.2) is 58.9 Å². The number of aliphatic imine (C=N–C) groups is 1. The summed E-state index contributed by atoms with van der Waals surface area (Å²) in [4.78, 5) is 36.5. The third kappa shape index (κ3) is 5.72. The zero-order valence-corrected chi connectivity index (χ0v) is 19.3. The van der Waals surface area contributed by atoms with Crippen molar-refractivity contribution in [1.29, 1.82) is 0 Å². The number of β-amino-alcohol motifs (C(OH)–C–C–N with tert-alkyl or cyclic N) is 1. The van der Waals surface area contributed by atoms with Crippen molar-refractivity contribution in [2.45, 2.75) is 6.92 Å². The lowest BCUT2D eigenvalue weighted by Crippen LogP contribution is -2.31. The molecule has 0 radical (unpaired) electrons. The Morgan fingerprint density at radius 2 is 1.83 bits per heavy atom. The van der Waals surface area contributed by atoms with Crippen LogP contribution in [0.3, 0.4) is 0 Å². The summed E-state index contributed by atoms with van der Waals surface area (Å²) in [6.45, 7) is 3.77. The number of benzene rings is 2. The smallest absolute Gasteiger partial charge is 0.258 e. The molecular weight excluding hydrogens is 442 g/mol. The van der Waals surface area contributed by atoms with Crippen molar-refractivity contribution < 1.29 is 14.7 Å².